The number of nitrogens with zero attached hydrogens (tertiary/aromatic N) is 1. The van der Waals surface area contributed by atoms with Crippen molar-refractivity contribution in [2.75, 3.05) is 13.7 Å². The van der Waals surface area contributed by atoms with Gasteiger partial charge in [0.05, 0.1) is 13.2 Å². The Morgan fingerprint density at radius 2 is 2.05 bits per heavy atom. The number of ketones is 1. The van der Waals surface area contributed by atoms with Gasteiger partial charge in [-0.25, -0.2) is 0 Å². The zero-order chi connectivity index (χ0) is 14.5. The molecule has 0 saturated carbocycles. The van der Waals surface area contributed by atoms with Crippen LogP contribution in [-0.2, 0) is 4.79 Å². The molecule has 0 N–H and O–H groups in total. The summed E-state index contributed by atoms with van der Waals surface area (Å²) in [4.78, 5) is 26.3. The quantitative estimate of drug-likeness (QED) is 0.750. The van der Waals surface area contributed by atoms with Crippen LogP contribution in [0.15, 0.2) is 24.3 Å². The van der Waals surface area contributed by atoms with Crippen LogP contribution >= 0.6 is 0 Å². The van der Waals surface area contributed by atoms with Crippen LogP contribution in [0.1, 0.15) is 43.0 Å². The first kappa shape index (κ1) is 14.6. The van der Waals surface area contributed by atoms with Crippen LogP contribution in [0, 0.1) is 0 Å². The molecule has 0 aromatic heterocycles. The number of carbonyl (C=O) groups excluding carboxylic acids is 2. The first-order valence-corrected chi connectivity index (χ1v) is 7.15. The molecule has 4 nitrogen and oxygen atoms in total. The Bertz CT molecular complexity index is 481. The Hall–Kier alpha value is -1.84. The molecule has 1 aliphatic heterocycles. The van der Waals surface area contributed by atoms with Gasteiger partial charge in [0.2, 0.25) is 5.91 Å². The molecule has 1 aromatic rings. The van der Waals surface area contributed by atoms with Crippen molar-refractivity contribution in [1.82, 2.24) is 4.90 Å². The fourth-order valence-corrected chi connectivity index (χ4v) is 2.65. The molecule has 108 valence electrons. The van der Waals surface area contributed by atoms with Gasteiger partial charge in [-0.2, -0.15) is 0 Å². The van der Waals surface area contributed by atoms with E-state index < -0.39 is 0 Å². The van der Waals surface area contributed by atoms with Crippen LogP contribution in [0.3, 0.4) is 0 Å². The maximum absolute atomic E-state index is 12.6. The van der Waals surface area contributed by atoms with Gasteiger partial charge in [-0.05, 0) is 37.1 Å². The summed E-state index contributed by atoms with van der Waals surface area (Å²) in [7, 11) is 1.60. The summed E-state index contributed by atoms with van der Waals surface area (Å²) in [5.74, 6) is 0.862. The fourth-order valence-electron chi connectivity index (χ4n) is 2.65. The van der Waals surface area contributed by atoms with E-state index in [1.165, 1.54) is 0 Å². The summed E-state index contributed by atoms with van der Waals surface area (Å²) in [5, 5.41) is 0. The molecule has 0 radical (unpaired) electrons. The van der Waals surface area contributed by atoms with Crippen molar-refractivity contribution >= 4 is 11.7 Å². The van der Waals surface area contributed by atoms with E-state index in [-0.39, 0.29) is 17.7 Å². The van der Waals surface area contributed by atoms with Gasteiger partial charge in [0.25, 0.3) is 0 Å². The molecule has 0 aliphatic carbocycles. The Labute approximate surface area is 119 Å². The van der Waals surface area contributed by atoms with E-state index in [2.05, 4.69) is 0 Å². The lowest BCUT2D eigenvalue weighted by Crippen LogP contribution is -2.41. The lowest BCUT2D eigenvalue weighted by molar-refractivity contribution is -0.129. The van der Waals surface area contributed by atoms with Gasteiger partial charge < -0.3 is 9.64 Å². The zero-order valence-electron chi connectivity index (χ0n) is 12.1. The lowest BCUT2D eigenvalue weighted by Gasteiger charge is -2.26. The van der Waals surface area contributed by atoms with Crippen molar-refractivity contribution in [3.63, 3.8) is 0 Å². The number of hydrogen-bond acceptors (Lipinski definition) is 3. The second-order valence-corrected chi connectivity index (χ2v) is 5.09. The number of likely N-dealkylation sites (tertiary alicyclic amines) is 1. The third-order valence-electron chi connectivity index (χ3n) is 3.73. The monoisotopic (exact) mass is 275 g/mol. The Kier molecular flexibility index (Phi) is 4.77. The van der Waals surface area contributed by atoms with Gasteiger partial charge in [-0.3, -0.25) is 9.59 Å². The molecule has 1 amide bonds. The van der Waals surface area contributed by atoms with Crippen LogP contribution in [0.25, 0.3) is 0 Å². The highest BCUT2D eigenvalue weighted by Gasteiger charge is 2.32. The highest BCUT2D eigenvalue weighted by molar-refractivity contribution is 6.02. The summed E-state index contributed by atoms with van der Waals surface area (Å²) in [6.45, 7) is 2.74. The molecule has 1 atom stereocenters. The molecule has 1 saturated heterocycles. The van der Waals surface area contributed by atoms with Crippen molar-refractivity contribution in [3.05, 3.63) is 29.8 Å². The SMILES string of the molecule is CCCC(C(=O)c1ccc(OC)cc1)N1CCCC1=O. The maximum Gasteiger partial charge on any atom is 0.223 e. The predicted molar refractivity (Wildman–Crippen MR) is 77.0 cm³/mol. The number of carbonyl (C=O) groups is 2. The Balaban J connectivity index is 2.19. The van der Waals surface area contributed by atoms with Crippen LogP contribution in [0.5, 0.6) is 5.75 Å². The zero-order valence-corrected chi connectivity index (χ0v) is 12.1. The van der Waals surface area contributed by atoms with E-state index in [0.29, 0.717) is 18.5 Å². The van der Waals surface area contributed by atoms with Gasteiger partial charge in [0.15, 0.2) is 5.78 Å². The topological polar surface area (TPSA) is 46.6 Å². The lowest BCUT2D eigenvalue weighted by atomic mass is 9.99. The van der Waals surface area contributed by atoms with Crippen LogP contribution < -0.4 is 4.74 Å². The molecule has 0 bridgehead atoms. The molecule has 1 fully saturated rings. The first-order valence-electron chi connectivity index (χ1n) is 7.15. The minimum absolute atomic E-state index is 0.0322. The van der Waals surface area contributed by atoms with Crippen LogP contribution in [0.2, 0.25) is 0 Å². The fraction of sp³-hybridized carbons (Fsp3) is 0.500. The number of rotatable bonds is 6. The Morgan fingerprint density at radius 3 is 2.55 bits per heavy atom. The number of amides is 1. The molecule has 2 rings (SSSR count). The molecule has 20 heavy (non-hydrogen) atoms. The smallest absolute Gasteiger partial charge is 0.223 e. The highest BCUT2D eigenvalue weighted by atomic mass is 16.5. The van der Waals surface area contributed by atoms with Gasteiger partial charge in [-0.1, -0.05) is 13.3 Å². The minimum Gasteiger partial charge on any atom is -0.497 e. The van der Waals surface area contributed by atoms with Crippen molar-refractivity contribution in [2.45, 2.75) is 38.6 Å². The molecule has 0 spiro atoms. The number of ether oxygens (including phenoxy) is 1. The van der Waals surface area contributed by atoms with E-state index in [4.69, 9.17) is 4.74 Å². The van der Waals surface area contributed by atoms with Crippen molar-refractivity contribution in [2.24, 2.45) is 0 Å². The third-order valence-corrected chi connectivity index (χ3v) is 3.73. The van der Waals surface area contributed by atoms with Crippen LogP contribution in [-0.4, -0.2) is 36.3 Å². The van der Waals surface area contributed by atoms with Crippen LogP contribution in [0.4, 0.5) is 0 Å². The second kappa shape index (κ2) is 6.55. The standard InChI is InChI=1S/C16H21NO3/c1-3-5-14(17-11-4-6-15(17)18)16(19)12-7-9-13(20-2)10-8-12/h7-10,14H,3-6,11H2,1-2H3. The average Bonchev–Trinajstić information content (AvgIpc) is 2.90. The summed E-state index contributed by atoms with van der Waals surface area (Å²) < 4.78 is 5.10. The molecule has 1 unspecified atom stereocenters. The van der Waals surface area contributed by atoms with E-state index in [0.717, 1.165) is 25.0 Å². The average molecular weight is 275 g/mol. The molecular weight excluding hydrogens is 254 g/mol. The summed E-state index contributed by atoms with van der Waals surface area (Å²) in [6.07, 6.45) is 3.03. The summed E-state index contributed by atoms with van der Waals surface area (Å²) in [5.41, 5.74) is 0.643. The van der Waals surface area contributed by atoms with Gasteiger partial charge in [0.1, 0.15) is 5.75 Å². The molecule has 4 heteroatoms. The van der Waals surface area contributed by atoms with Crippen molar-refractivity contribution in [1.29, 1.82) is 0 Å². The maximum atomic E-state index is 12.6. The summed E-state index contributed by atoms with van der Waals surface area (Å²) >= 11 is 0. The van der Waals surface area contributed by atoms with Gasteiger partial charge in [-0.15, -0.1) is 0 Å². The summed E-state index contributed by atoms with van der Waals surface area (Å²) in [6, 6.07) is 6.78. The van der Waals surface area contributed by atoms with Crippen molar-refractivity contribution < 1.29 is 14.3 Å². The third kappa shape index (κ3) is 3.00. The number of methoxy groups -OCH3 is 1. The van der Waals surface area contributed by atoms with E-state index in [1.807, 2.05) is 6.92 Å². The van der Waals surface area contributed by atoms with E-state index >= 15 is 0 Å². The van der Waals surface area contributed by atoms with Crippen molar-refractivity contribution in [3.8, 4) is 5.75 Å². The van der Waals surface area contributed by atoms with Gasteiger partial charge >= 0.3 is 0 Å². The predicted octanol–water partition coefficient (Wildman–Crippen LogP) is 2.67. The normalized spacial score (nSPS) is 16.3. The largest absolute Gasteiger partial charge is 0.497 e. The van der Waals surface area contributed by atoms with E-state index in [1.54, 1.807) is 36.3 Å². The first-order chi connectivity index (χ1) is 9.67. The molecule has 1 heterocycles. The highest BCUT2D eigenvalue weighted by Crippen LogP contribution is 2.21. The number of benzene rings is 1. The number of hydrogen-bond donors (Lipinski definition) is 0. The number of Topliss-reactive ketones (excluding diaryl/α,β-unsaturated/α-hetero) is 1. The van der Waals surface area contributed by atoms with E-state index in [9.17, 15) is 9.59 Å². The Morgan fingerprint density at radius 1 is 1.35 bits per heavy atom. The molecular formula is C16H21NO3. The molecule has 1 aromatic carbocycles. The van der Waals surface area contributed by atoms with Gasteiger partial charge in [0, 0.05) is 18.5 Å². The minimum atomic E-state index is -0.316. The second-order valence-electron chi connectivity index (χ2n) is 5.09. The molecule has 1 aliphatic rings.